The smallest absolute Gasteiger partial charge is 0.0180 e. The Kier molecular flexibility index (Phi) is 5.20. The van der Waals surface area contributed by atoms with Gasteiger partial charge in [0, 0.05) is 11.4 Å². The minimum atomic E-state index is 0.642. The Hall–Kier alpha value is -0.470. The van der Waals surface area contributed by atoms with Gasteiger partial charge in [0.15, 0.2) is 0 Å². The van der Waals surface area contributed by atoms with Crippen molar-refractivity contribution in [2.45, 2.75) is 38.6 Å². The highest BCUT2D eigenvalue weighted by molar-refractivity contribution is 7.99. The van der Waals surface area contributed by atoms with E-state index >= 15 is 0 Å². The molecule has 0 heterocycles. The van der Waals surface area contributed by atoms with Gasteiger partial charge in [0.05, 0.1) is 0 Å². The maximum Gasteiger partial charge on any atom is 0.0180 e. The lowest BCUT2D eigenvalue weighted by molar-refractivity contribution is 0.632. The molecule has 1 aromatic rings. The average molecular weight is 223 g/mol. The molecular formula is C13H21NS. The summed E-state index contributed by atoms with van der Waals surface area (Å²) in [6.07, 6.45) is 1.28. The van der Waals surface area contributed by atoms with Gasteiger partial charge >= 0.3 is 0 Å². The number of rotatable bonds is 5. The van der Waals surface area contributed by atoms with E-state index in [0.717, 1.165) is 5.92 Å². The van der Waals surface area contributed by atoms with Crippen molar-refractivity contribution >= 4 is 11.8 Å². The Bertz CT molecular complexity index is 307. The van der Waals surface area contributed by atoms with Gasteiger partial charge in [0.1, 0.15) is 0 Å². The van der Waals surface area contributed by atoms with Crippen molar-refractivity contribution in [2.24, 2.45) is 11.7 Å². The molecule has 0 fully saturated rings. The van der Waals surface area contributed by atoms with Gasteiger partial charge in [-0.2, -0.15) is 0 Å². The molecular weight excluding hydrogens is 202 g/mol. The molecule has 2 heteroatoms. The Balaban J connectivity index is 2.52. The summed E-state index contributed by atoms with van der Waals surface area (Å²) >= 11 is 1.94. The first kappa shape index (κ1) is 12.6. The number of thioether (sulfide) groups is 1. The largest absolute Gasteiger partial charge is 0.326 e. The minimum absolute atomic E-state index is 0.642. The van der Waals surface area contributed by atoms with E-state index in [1.54, 1.807) is 0 Å². The lowest BCUT2D eigenvalue weighted by atomic mass is 10.1. The maximum atomic E-state index is 5.63. The van der Waals surface area contributed by atoms with Crippen LogP contribution in [0.3, 0.4) is 0 Å². The quantitative estimate of drug-likeness (QED) is 0.772. The van der Waals surface area contributed by atoms with Gasteiger partial charge in [-0.25, -0.2) is 0 Å². The molecule has 0 aliphatic carbocycles. The topological polar surface area (TPSA) is 26.0 Å². The number of hydrogen-bond donors (Lipinski definition) is 1. The van der Waals surface area contributed by atoms with Gasteiger partial charge in [0.2, 0.25) is 0 Å². The van der Waals surface area contributed by atoms with Crippen molar-refractivity contribution < 1.29 is 0 Å². The van der Waals surface area contributed by atoms with Crippen LogP contribution >= 0.6 is 11.8 Å². The Morgan fingerprint density at radius 3 is 2.60 bits per heavy atom. The van der Waals surface area contributed by atoms with E-state index in [1.807, 2.05) is 11.8 Å². The molecule has 15 heavy (non-hydrogen) atoms. The maximum absolute atomic E-state index is 5.63. The molecule has 0 radical (unpaired) electrons. The monoisotopic (exact) mass is 223 g/mol. The number of nitrogens with two attached hydrogens (primary N) is 1. The van der Waals surface area contributed by atoms with Crippen LogP contribution in [0.1, 0.15) is 31.4 Å². The van der Waals surface area contributed by atoms with Crippen molar-refractivity contribution in [1.82, 2.24) is 0 Å². The van der Waals surface area contributed by atoms with Crippen LogP contribution in [0.25, 0.3) is 0 Å². The van der Waals surface area contributed by atoms with Crippen LogP contribution in [0.15, 0.2) is 23.1 Å². The highest BCUT2D eigenvalue weighted by atomic mass is 32.2. The van der Waals surface area contributed by atoms with Crippen LogP contribution in [0.5, 0.6) is 0 Å². The second-order valence-corrected chi connectivity index (χ2v) is 5.49. The van der Waals surface area contributed by atoms with Crippen molar-refractivity contribution in [3.05, 3.63) is 29.3 Å². The number of aryl methyl sites for hydroxylation is 1. The highest BCUT2D eigenvalue weighted by Gasteiger charge is 2.00. The van der Waals surface area contributed by atoms with Crippen molar-refractivity contribution in [1.29, 1.82) is 0 Å². The predicted octanol–water partition coefficient (Wildman–Crippen LogP) is 3.59. The minimum Gasteiger partial charge on any atom is -0.326 e. The van der Waals surface area contributed by atoms with Gasteiger partial charge in [-0.15, -0.1) is 11.8 Å². The normalized spacial score (nSPS) is 11.0. The summed E-state index contributed by atoms with van der Waals surface area (Å²) in [6.45, 7) is 7.31. The molecule has 0 aromatic heterocycles. The summed E-state index contributed by atoms with van der Waals surface area (Å²) in [4.78, 5) is 1.37. The first-order valence-corrected chi connectivity index (χ1v) is 6.54. The molecule has 0 aliphatic rings. The fourth-order valence-electron chi connectivity index (χ4n) is 1.40. The van der Waals surface area contributed by atoms with E-state index in [0.29, 0.717) is 6.54 Å². The molecule has 0 atom stereocenters. The van der Waals surface area contributed by atoms with E-state index in [1.165, 1.54) is 28.2 Å². The number of hydrogen-bond acceptors (Lipinski definition) is 2. The average Bonchev–Trinajstić information content (AvgIpc) is 2.17. The lowest BCUT2D eigenvalue weighted by Gasteiger charge is -2.07. The molecule has 0 aliphatic heterocycles. The molecule has 1 aromatic carbocycles. The van der Waals surface area contributed by atoms with E-state index in [-0.39, 0.29) is 0 Å². The second-order valence-electron chi connectivity index (χ2n) is 4.32. The summed E-state index contributed by atoms with van der Waals surface area (Å²) in [6, 6.07) is 6.57. The van der Waals surface area contributed by atoms with E-state index in [2.05, 4.69) is 39.0 Å². The van der Waals surface area contributed by atoms with Gasteiger partial charge in [-0.3, -0.25) is 0 Å². The van der Waals surface area contributed by atoms with Gasteiger partial charge in [0.25, 0.3) is 0 Å². The summed E-state index contributed by atoms with van der Waals surface area (Å²) in [5.74, 6) is 2.00. The third kappa shape index (κ3) is 4.27. The molecule has 1 nitrogen and oxygen atoms in total. The molecule has 0 amide bonds. The van der Waals surface area contributed by atoms with Crippen LogP contribution in [0.2, 0.25) is 0 Å². The first-order valence-electron chi connectivity index (χ1n) is 5.56. The Morgan fingerprint density at radius 2 is 2.07 bits per heavy atom. The van der Waals surface area contributed by atoms with Crippen LogP contribution in [-0.4, -0.2) is 5.75 Å². The van der Waals surface area contributed by atoms with E-state index < -0.39 is 0 Å². The number of benzene rings is 1. The summed E-state index contributed by atoms with van der Waals surface area (Å²) in [5, 5.41) is 0. The molecule has 1 rings (SSSR count). The third-order valence-electron chi connectivity index (χ3n) is 2.50. The van der Waals surface area contributed by atoms with Crippen LogP contribution in [0.4, 0.5) is 0 Å². The lowest BCUT2D eigenvalue weighted by Crippen LogP contribution is -1.98. The zero-order valence-corrected chi connectivity index (χ0v) is 10.7. The van der Waals surface area contributed by atoms with Crippen LogP contribution in [0, 0.1) is 12.8 Å². The molecule has 2 N–H and O–H groups in total. The Morgan fingerprint density at radius 1 is 1.33 bits per heavy atom. The molecule has 0 unspecified atom stereocenters. The zero-order valence-electron chi connectivity index (χ0n) is 9.92. The van der Waals surface area contributed by atoms with E-state index in [4.69, 9.17) is 5.73 Å². The van der Waals surface area contributed by atoms with E-state index in [9.17, 15) is 0 Å². The molecule has 0 saturated carbocycles. The van der Waals surface area contributed by atoms with Crippen LogP contribution < -0.4 is 5.73 Å². The predicted molar refractivity (Wildman–Crippen MR) is 69.2 cm³/mol. The SMILES string of the molecule is Cc1cc(SCCC(C)C)ccc1CN. The summed E-state index contributed by atoms with van der Waals surface area (Å²) in [5.41, 5.74) is 8.20. The van der Waals surface area contributed by atoms with Crippen molar-refractivity contribution in [3.8, 4) is 0 Å². The fraction of sp³-hybridized carbons (Fsp3) is 0.538. The fourth-order valence-corrected chi connectivity index (χ4v) is 2.65. The van der Waals surface area contributed by atoms with Gasteiger partial charge in [-0.1, -0.05) is 19.9 Å². The standard InChI is InChI=1S/C13H21NS/c1-10(2)6-7-15-13-5-4-12(9-14)11(3)8-13/h4-5,8,10H,6-7,9,14H2,1-3H3. The molecule has 0 saturated heterocycles. The summed E-state index contributed by atoms with van der Waals surface area (Å²) < 4.78 is 0. The molecule has 0 bridgehead atoms. The molecule has 0 spiro atoms. The third-order valence-corrected chi connectivity index (χ3v) is 3.52. The molecule has 84 valence electrons. The van der Waals surface area contributed by atoms with Crippen molar-refractivity contribution in [3.63, 3.8) is 0 Å². The zero-order chi connectivity index (χ0) is 11.3. The van der Waals surface area contributed by atoms with Crippen molar-refractivity contribution in [2.75, 3.05) is 5.75 Å². The highest BCUT2D eigenvalue weighted by Crippen LogP contribution is 2.22. The second kappa shape index (κ2) is 6.19. The Labute approximate surface area is 97.4 Å². The van der Waals surface area contributed by atoms with Gasteiger partial charge < -0.3 is 5.73 Å². The van der Waals surface area contributed by atoms with Gasteiger partial charge in [-0.05, 0) is 48.3 Å². The summed E-state index contributed by atoms with van der Waals surface area (Å²) in [7, 11) is 0. The first-order chi connectivity index (χ1) is 7.13. The van der Waals surface area contributed by atoms with Crippen LogP contribution in [-0.2, 0) is 6.54 Å².